The molecule has 3 aromatic rings. The zero-order valence-corrected chi connectivity index (χ0v) is 17.9. The van der Waals surface area contributed by atoms with Crippen LogP contribution in [-0.4, -0.2) is 11.6 Å². The van der Waals surface area contributed by atoms with Crippen LogP contribution < -0.4 is 24.2 Å². The lowest BCUT2D eigenvalue weighted by molar-refractivity contribution is -0.673. The van der Waals surface area contributed by atoms with Crippen molar-refractivity contribution in [3.63, 3.8) is 0 Å². The number of thiazole rings is 1. The van der Waals surface area contributed by atoms with Gasteiger partial charge in [-0.25, -0.2) is 4.57 Å². The van der Waals surface area contributed by atoms with Gasteiger partial charge in [0.25, 0.3) is 5.56 Å². The molecule has 1 aliphatic rings. The minimum atomic E-state index is 0.00277. The smallest absolute Gasteiger partial charge is 0.272 e. The topological polar surface area (TPSA) is 29.1 Å². The van der Waals surface area contributed by atoms with E-state index in [1.165, 1.54) is 11.3 Å². The zero-order chi connectivity index (χ0) is 19.8. The monoisotopic (exact) mass is 428 g/mol. The van der Waals surface area contributed by atoms with Crippen LogP contribution in [-0.2, 0) is 13.6 Å². The second-order valence-corrected chi connectivity index (χ2v) is 8.93. The predicted molar refractivity (Wildman–Crippen MR) is 118 cm³/mol. The Morgan fingerprint density at radius 1 is 1.29 bits per heavy atom. The molecule has 7 heteroatoms. The molecule has 0 N–H and O–H groups in total. The highest BCUT2D eigenvalue weighted by molar-refractivity contribution is 8.08. The highest BCUT2D eigenvalue weighted by Crippen LogP contribution is 2.46. The van der Waals surface area contributed by atoms with Gasteiger partial charge in [-0.05, 0) is 24.3 Å². The van der Waals surface area contributed by atoms with Gasteiger partial charge < -0.3 is 4.90 Å². The molecule has 1 aliphatic heterocycles. The fourth-order valence-corrected chi connectivity index (χ4v) is 5.66. The molecule has 1 aromatic carbocycles. The van der Waals surface area contributed by atoms with Gasteiger partial charge in [-0.3, -0.25) is 9.36 Å². The van der Waals surface area contributed by atoms with Crippen molar-refractivity contribution in [3.05, 3.63) is 85.5 Å². The number of rotatable bonds is 3. The Labute approximate surface area is 176 Å². The highest BCUT2D eigenvalue weighted by atomic mass is 35.5. The highest BCUT2D eigenvalue weighted by Gasteiger charge is 2.25. The third kappa shape index (κ3) is 3.32. The molecule has 4 rings (SSSR count). The third-order valence-corrected chi connectivity index (χ3v) is 7.30. The summed E-state index contributed by atoms with van der Waals surface area (Å²) in [7, 11) is 3.97. The number of halogens is 1. The number of aromatic nitrogens is 2. The number of hydrogen-bond donors (Lipinski definition) is 0. The van der Waals surface area contributed by atoms with Crippen LogP contribution in [0.2, 0.25) is 5.02 Å². The molecule has 28 heavy (non-hydrogen) atoms. The second-order valence-electron chi connectivity index (χ2n) is 6.43. The predicted octanol–water partition coefficient (Wildman–Crippen LogP) is 2.71. The maximum absolute atomic E-state index is 13.2. The molecule has 0 amide bonds. The van der Waals surface area contributed by atoms with Crippen molar-refractivity contribution >= 4 is 51.5 Å². The van der Waals surface area contributed by atoms with Crippen LogP contribution in [0.1, 0.15) is 5.69 Å². The number of thioether (sulfide) groups is 1. The van der Waals surface area contributed by atoms with Crippen molar-refractivity contribution in [3.8, 4) is 0 Å². The minimum Gasteiger partial charge on any atom is -0.337 e. The van der Waals surface area contributed by atoms with Crippen LogP contribution in [0.25, 0.3) is 11.1 Å². The van der Waals surface area contributed by atoms with E-state index >= 15 is 0 Å². The molecule has 0 radical (unpaired) electrons. The molecule has 0 saturated carbocycles. The second kappa shape index (κ2) is 7.62. The minimum absolute atomic E-state index is 0.00277. The first kappa shape index (κ1) is 19.1. The van der Waals surface area contributed by atoms with Gasteiger partial charge in [-0.2, -0.15) is 0 Å². The first-order chi connectivity index (χ1) is 13.5. The van der Waals surface area contributed by atoms with Crippen molar-refractivity contribution < 1.29 is 4.57 Å². The fourth-order valence-electron chi connectivity index (χ4n) is 3.10. The standard InChI is InChI=1S/C21H19ClN3OS2/c1-4-10-25-18(13-15-7-5-6-11-23(15)2)28-19(20(25)26)21-24(3)16-12-14(22)8-9-17(16)27-21/h4-9,11-13H,1,10H2,2-3H3/q+1. The van der Waals surface area contributed by atoms with Crippen LogP contribution in [0, 0.1) is 0 Å². The summed E-state index contributed by atoms with van der Waals surface area (Å²) in [5.74, 6) is 0. The number of nitrogens with zero attached hydrogens (tertiary/aromatic N) is 3. The van der Waals surface area contributed by atoms with Gasteiger partial charge in [0.1, 0.15) is 21.3 Å². The number of pyridine rings is 1. The van der Waals surface area contributed by atoms with Crippen molar-refractivity contribution in [2.75, 3.05) is 11.9 Å². The van der Waals surface area contributed by atoms with Gasteiger partial charge in [-0.1, -0.05) is 29.4 Å². The molecule has 0 unspecified atom stereocenters. The first-order valence-electron chi connectivity index (χ1n) is 8.72. The molecular weight excluding hydrogens is 410 g/mol. The quantitative estimate of drug-likeness (QED) is 0.474. The molecule has 0 fully saturated rings. The molecule has 0 saturated heterocycles. The lowest BCUT2D eigenvalue weighted by Gasteiger charge is -2.12. The van der Waals surface area contributed by atoms with Gasteiger partial charge in [0.15, 0.2) is 6.20 Å². The Morgan fingerprint density at radius 3 is 2.86 bits per heavy atom. The van der Waals surface area contributed by atoms with E-state index in [2.05, 4.69) is 6.58 Å². The summed E-state index contributed by atoms with van der Waals surface area (Å²) < 4.78 is 5.43. The fraction of sp³-hybridized carbons (Fsp3) is 0.143. The van der Waals surface area contributed by atoms with Gasteiger partial charge in [0.2, 0.25) is 5.69 Å². The van der Waals surface area contributed by atoms with E-state index in [9.17, 15) is 4.79 Å². The lowest BCUT2D eigenvalue weighted by atomic mass is 10.3. The SMILES string of the molecule is C=CCn1c(=Cc2cccc[n+]2C)sc(=C2Sc3ccc(Cl)cc3N2C)c1=O. The Bertz CT molecular complexity index is 1260. The molecular formula is C21H19ClN3OS2+. The number of allylic oxidation sites excluding steroid dienone is 1. The number of anilines is 1. The van der Waals surface area contributed by atoms with Crippen molar-refractivity contribution in [2.24, 2.45) is 7.05 Å². The summed E-state index contributed by atoms with van der Waals surface area (Å²) in [6, 6.07) is 11.8. The molecule has 0 atom stereocenters. The van der Waals surface area contributed by atoms with E-state index in [0.29, 0.717) is 11.6 Å². The summed E-state index contributed by atoms with van der Waals surface area (Å²) in [4.78, 5) is 16.4. The molecule has 3 heterocycles. The molecule has 142 valence electrons. The first-order valence-corrected chi connectivity index (χ1v) is 10.7. The summed E-state index contributed by atoms with van der Waals surface area (Å²) in [5, 5.41) is 1.62. The molecule has 0 bridgehead atoms. The van der Waals surface area contributed by atoms with Crippen LogP contribution in [0.15, 0.2) is 64.9 Å². The number of aryl methyl sites for hydroxylation is 1. The maximum Gasteiger partial charge on any atom is 0.272 e. The summed E-state index contributed by atoms with van der Waals surface area (Å²) in [5.41, 5.74) is 2.05. The lowest BCUT2D eigenvalue weighted by Crippen LogP contribution is -2.35. The zero-order valence-electron chi connectivity index (χ0n) is 15.6. The van der Waals surface area contributed by atoms with Crippen molar-refractivity contribution in [1.29, 1.82) is 0 Å². The molecule has 0 spiro atoms. The summed E-state index contributed by atoms with van der Waals surface area (Å²) in [6.45, 7) is 4.29. The Hall–Kier alpha value is -2.28. The van der Waals surface area contributed by atoms with E-state index in [-0.39, 0.29) is 5.56 Å². The van der Waals surface area contributed by atoms with E-state index in [1.807, 2.05) is 72.2 Å². The van der Waals surface area contributed by atoms with Gasteiger partial charge in [-0.15, -0.1) is 17.9 Å². The Balaban J connectivity index is 1.96. The van der Waals surface area contributed by atoms with Gasteiger partial charge in [0, 0.05) is 41.7 Å². The molecule has 4 nitrogen and oxygen atoms in total. The number of fused-ring (bicyclic) bond motifs is 1. The van der Waals surface area contributed by atoms with Crippen LogP contribution in [0.3, 0.4) is 0 Å². The molecule has 0 aliphatic carbocycles. The van der Waals surface area contributed by atoms with Gasteiger partial charge in [0.05, 0.1) is 5.69 Å². The Morgan fingerprint density at radius 2 is 2.11 bits per heavy atom. The van der Waals surface area contributed by atoms with Crippen LogP contribution >= 0.6 is 34.7 Å². The van der Waals surface area contributed by atoms with Crippen molar-refractivity contribution in [1.82, 2.24) is 4.57 Å². The summed E-state index contributed by atoms with van der Waals surface area (Å²) >= 11 is 9.28. The van der Waals surface area contributed by atoms with Crippen LogP contribution in [0.5, 0.6) is 0 Å². The average molecular weight is 429 g/mol. The van der Waals surface area contributed by atoms with E-state index in [0.717, 1.165) is 30.5 Å². The van der Waals surface area contributed by atoms with E-state index in [1.54, 1.807) is 22.4 Å². The van der Waals surface area contributed by atoms with E-state index in [4.69, 9.17) is 11.6 Å². The van der Waals surface area contributed by atoms with Crippen molar-refractivity contribution in [2.45, 2.75) is 11.4 Å². The number of benzene rings is 1. The van der Waals surface area contributed by atoms with Crippen LogP contribution in [0.4, 0.5) is 5.69 Å². The van der Waals surface area contributed by atoms with Gasteiger partial charge >= 0.3 is 0 Å². The average Bonchev–Trinajstić information content (AvgIpc) is 3.15. The molecule has 2 aromatic heterocycles. The Kier molecular flexibility index (Phi) is 5.19. The third-order valence-electron chi connectivity index (χ3n) is 4.58. The van der Waals surface area contributed by atoms with E-state index < -0.39 is 0 Å². The largest absolute Gasteiger partial charge is 0.337 e. The summed E-state index contributed by atoms with van der Waals surface area (Å²) in [6.07, 6.45) is 5.79. The number of hydrogen-bond acceptors (Lipinski definition) is 4. The normalized spacial score (nSPS) is 15.8. The maximum atomic E-state index is 13.2.